The molecular formula is C17H18Cl2N6O2. The second-order valence-electron chi connectivity index (χ2n) is 6.58. The molecule has 0 radical (unpaired) electrons. The third-order valence-corrected chi connectivity index (χ3v) is 5.52. The van der Waals surface area contributed by atoms with Gasteiger partial charge in [0.05, 0.1) is 16.6 Å². The quantitative estimate of drug-likeness (QED) is 0.711. The largest absolute Gasteiger partial charge is 0.419 e. The number of likely N-dealkylation sites (tertiary alicyclic amines) is 1. The maximum atomic E-state index is 11.7. The number of piperidine rings is 1. The molecule has 1 aliphatic rings. The number of nitrogens with zero attached hydrogens (tertiary/aromatic N) is 5. The molecule has 0 amide bonds. The van der Waals surface area contributed by atoms with Crippen molar-refractivity contribution in [2.75, 3.05) is 13.1 Å². The molecular weight excluding hydrogens is 391 g/mol. The summed E-state index contributed by atoms with van der Waals surface area (Å²) < 4.78 is 7.52. The minimum atomic E-state index is -0.164. The minimum absolute atomic E-state index is 0.0284. The lowest BCUT2D eigenvalue weighted by molar-refractivity contribution is 0.126. The maximum Gasteiger partial charge on any atom is 0.343 e. The molecule has 1 N–H and O–H groups in total. The highest BCUT2D eigenvalue weighted by Crippen LogP contribution is 2.32. The van der Waals surface area contributed by atoms with E-state index in [9.17, 15) is 4.79 Å². The average Bonchev–Trinajstić information content (AvgIpc) is 3.30. The van der Waals surface area contributed by atoms with E-state index < -0.39 is 0 Å². The predicted octanol–water partition coefficient (Wildman–Crippen LogP) is 3.33. The molecule has 4 rings (SSSR count). The molecule has 10 heteroatoms. The van der Waals surface area contributed by atoms with Crippen molar-refractivity contribution in [2.45, 2.75) is 31.8 Å². The van der Waals surface area contributed by atoms with Crippen molar-refractivity contribution >= 4 is 23.2 Å². The van der Waals surface area contributed by atoms with Gasteiger partial charge in [-0.2, -0.15) is 5.10 Å². The Hall–Kier alpha value is -2.16. The highest BCUT2D eigenvalue weighted by molar-refractivity contribution is 6.36. The standard InChI is InChI=1S/C17H18Cl2N6O2/c1-10(24-6-4-12(5-7-24)25-9-20-23-17(25)26)15-21-22-16(27-15)13-3-2-11(18)8-14(13)19/h2-3,8-10,12H,4-7H2,1H3,(H,23,26). The number of halogens is 2. The summed E-state index contributed by atoms with van der Waals surface area (Å²) in [5.74, 6) is 0.910. The van der Waals surface area contributed by atoms with Crippen LogP contribution in [0.5, 0.6) is 0 Å². The van der Waals surface area contributed by atoms with Crippen LogP contribution in [0.1, 0.15) is 37.7 Å². The van der Waals surface area contributed by atoms with Crippen molar-refractivity contribution in [1.82, 2.24) is 29.9 Å². The number of hydrogen-bond donors (Lipinski definition) is 1. The van der Waals surface area contributed by atoms with E-state index in [-0.39, 0.29) is 17.8 Å². The fourth-order valence-electron chi connectivity index (χ4n) is 3.40. The molecule has 1 fully saturated rings. The van der Waals surface area contributed by atoms with E-state index in [1.54, 1.807) is 29.1 Å². The lowest BCUT2D eigenvalue weighted by atomic mass is 10.0. The summed E-state index contributed by atoms with van der Waals surface area (Å²) in [5, 5.41) is 15.6. The van der Waals surface area contributed by atoms with E-state index >= 15 is 0 Å². The molecule has 3 heterocycles. The first-order valence-corrected chi connectivity index (χ1v) is 9.43. The Morgan fingerprint density at radius 1 is 1.26 bits per heavy atom. The Balaban J connectivity index is 1.45. The molecule has 0 spiro atoms. The van der Waals surface area contributed by atoms with Gasteiger partial charge < -0.3 is 4.42 Å². The first-order valence-electron chi connectivity index (χ1n) is 8.67. The number of H-pyrrole nitrogens is 1. The summed E-state index contributed by atoms with van der Waals surface area (Å²) in [6.45, 7) is 3.68. The molecule has 8 nitrogen and oxygen atoms in total. The Labute approximate surface area is 165 Å². The van der Waals surface area contributed by atoms with E-state index in [1.165, 1.54) is 0 Å². The van der Waals surface area contributed by atoms with Gasteiger partial charge in [-0.05, 0) is 38.0 Å². The van der Waals surface area contributed by atoms with Crippen LogP contribution in [0.2, 0.25) is 10.0 Å². The molecule has 0 bridgehead atoms. The van der Waals surface area contributed by atoms with Gasteiger partial charge in [-0.15, -0.1) is 10.2 Å². The molecule has 1 aliphatic heterocycles. The van der Waals surface area contributed by atoms with Crippen LogP contribution in [0.4, 0.5) is 0 Å². The van der Waals surface area contributed by atoms with Crippen LogP contribution < -0.4 is 5.69 Å². The number of rotatable bonds is 4. The summed E-state index contributed by atoms with van der Waals surface area (Å²) >= 11 is 12.2. The van der Waals surface area contributed by atoms with Crippen LogP contribution >= 0.6 is 23.2 Å². The summed E-state index contributed by atoms with van der Waals surface area (Å²) in [5.41, 5.74) is 0.493. The van der Waals surface area contributed by atoms with Crippen LogP contribution in [0, 0.1) is 0 Å². The Kier molecular flexibility index (Phi) is 5.03. The number of aromatic amines is 1. The van der Waals surface area contributed by atoms with Crippen LogP contribution in [0.25, 0.3) is 11.5 Å². The van der Waals surface area contributed by atoms with Crippen LogP contribution in [-0.2, 0) is 0 Å². The fraction of sp³-hybridized carbons (Fsp3) is 0.412. The third kappa shape index (κ3) is 3.65. The lowest BCUT2D eigenvalue weighted by Crippen LogP contribution is -2.38. The number of benzene rings is 1. The average molecular weight is 409 g/mol. The Morgan fingerprint density at radius 3 is 2.70 bits per heavy atom. The molecule has 1 atom stereocenters. The summed E-state index contributed by atoms with van der Waals surface area (Å²) in [7, 11) is 0. The van der Waals surface area contributed by atoms with Crippen molar-refractivity contribution in [3.8, 4) is 11.5 Å². The zero-order valence-corrected chi connectivity index (χ0v) is 16.1. The van der Waals surface area contributed by atoms with Gasteiger partial charge in [0.2, 0.25) is 11.8 Å². The number of nitrogens with one attached hydrogen (secondary N) is 1. The molecule has 0 aliphatic carbocycles. The maximum absolute atomic E-state index is 11.7. The van der Waals surface area contributed by atoms with Gasteiger partial charge in [0, 0.05) is 24.2 Å². The van der Waals surface area contributed by atoms with Gasteiger partial charge >= 0.3 is 5.69 Å². The monoisotopic (exact) mass is 408 g/mol. The van der Waals surface area contributed by atoms with Gasteiger partial charge in [-0.25, -0.2) is 9.89 Å². The zero-order chi connectivity index (χ0) is 19.0. The van der Waals surface area contributed by atoms with Crippen molar-refractivity contribution in [3.05, 3.63) is 50.9 Å². The summed E-state index contributed by atoms with van der Waals surface area (Å²) in [6.07, 6.45) is 3.27. The second kappa shape index (κ2) is 7.46. The zero-order valence-electron chi connectivity index (χ0n) is 14.6. The molecule has 1 aromatic carbocycles. The summed E-state index contributed by atoms with van der Waals surface area (Å²) in [6, 6.07) is 5.28. The molecule has 0 saturated carbocycles. The lowest BCUT2D eigenvalue weighted by Gasteiger charge is -2.34. The number of hydrogen-bond acceptors (Lipinski definition) is 6. The van der Waals surface area contributed by atoms with E-state index in [2.05, 4.69) is 25.3 Å². The first kappa shape index (κ1) is 18.2. The highest BCUT2D eigenvalue weighted by atomic mass is 35.5. The van der Waals surface area contributed by atoms with Crippen LogP contribution in [-0.4, -0.2) is 43.0 Å². The minimum Gasteiger partial charge on any atom is -0.419 e. The predicted molar refractivity (Wildman–Crippen MR) is 101 cm³/mol. The topological polar surface area (TPSA) is 92.8 Å². The van der Waals surface area contributed by atoms with Gasteiger partial charge in [-0.1, -0.05) is 23.2 Å². The van der Waals surface area contributed by atoms with Crippen molar-refractivity contribution in [1.29, 1.82) is 0 Å². The van der Waals surface area contributed by atoms with Crippen molar-refractivity contribution in [3.63, 3.8) is 0 Å². The van der Waals surface area contributed by atoms with E-state index in [4.69, 9.17) is 27.6 Å². The van der Waals surface area contributed by atoms with E-state index in [1.807, 2.05) is 6.92 Å². The Morgan fingerprint density at radius 2 is 2.04 bits per heavy atom. The normalized spacial score (nSPS) is 17.3. The highest BCUT2D eigenvalue weighted by Gasteiger charge is 2.28. The molecule has 1 saturated heterocycles. The fourth-order valence-corrected chi connectivity index (χ4v) is 3.89. The molecule has 2 aromatic heterocycles. The van der Waals surface area contributed by atoms with Crippen molar-refractivity contribution < 1.29 is 4.42 Å². The Bertz CT molecular complexity index is 989. The third-order valence-electron chi connectivity index (χ3n) is 4.98. The molecule has 142 valence electrons. The summed E-state index contributed by atoms with van der Waals surface area (Å²) in [4.78, 5) is 14.0. The van der Waals surface area contributed by atoms with Gasteiger partial charge in [0.15, 0.2) is 0 Å². The van der Waals surface area contributed by atoms with E-state index in [0.29, 0.717) is 27.4 Å². The van der Waals surface area contributed by atoms with Gasteiger partial charge in [0.25, 0.3) is 0 Å². The van der Waals surface area contributed by atoms with Crippen molar-refractivity contribution in [2.24, 2.45) is 0 Å². The van der Waals surface area contributed by atoms with Crippen LogP contribution in [0.3, 0.4) is 0 Å². The molecule has 27 heavy (non-hydrogen) atoms. The first-order chi connectivity index (χ1) is 13.0. The number of aromatic nitrogens is 5. The molecule has 3 aromatic rings. The van der Waals surface area contributed by atoms with Gasteiger partial charge in [0.1, 0.15) is 6.33 Å². The van der Waals surface area contributed by atoms with E-state index in [0.717, 1.165) is 25.9 Å². The SMILES string of the molecule is CC(c1nnc(-c2ccc(Cl)cc2Cl)o1)N1CCC(n2cn[nH]c2=O)CC1. The second-order valence-corrected chi connectivity index (χ2v) is 7.43. The van der Waals surface area contributed by atoms with Crippen LogP contribution in [0.15, 0.2) is 33.7 Å². The molecule has 1 unspecified atom stereocenters. The smallest absolute Gasteiger partial charge is 0.343 e. The van der Waals surface area contributed by atoms with Gasteiger partial charge in [-0.3, -0.25) is 9.47 Å².